The van der Waals surface area contributed by atoms with E-state index in [4.69, 9.17) is 4.55 Å². The molecule has 0 fully saturated rings. The van der Waals surface area contributed by atoms with E-state index < -0.39 is 10.4 Å². The smallest absolute Gasteiger partial charge is 0.264 e. The quantitative estimate of drug-likeness (QED) is 0.458. The van der Waals surface area contributed by atoms with E-state index in [1.807, 2.05) is 0 Å². The highest BCUT2D eigenvalue weighted by Crippen LogP contribution is 1.82. The van der Waals surface area contributed by atoms with Crippen molar-refractivity contribution in [2.24, 2.45) is 0 Å². The van der Waals surface area contributed by atoms with Gasteiger partial charge in [0.15, 0.2) is 0 Å². The molecule has 0 aliphatic heterocycles. The summed E-state index contributed by atoms with van der Waals surface area (Å²) in [5.41, 5.74) is 0. The molecule has 5 heteroatoms. The van der Waals surface area contributed by atoms with Crippen molar-refractivity contribution in [1.82, 2.24) is 0 Å². The Morgan fingerprint density at radius 3 is 2.70 bits per heavy atom. The van der Waals surface area contributed by atoms with Crippen LogP contribution in [-0.2, 0) is 14.6 Å². The van der Waals surface area contributed by atoms with Crippen molar-refractivity contribution < 1.29 is 17.2 Å². The Bertz CT molecular complexity index is 253. The predicted octanol–water partition coefficient (Wildman–Crippen LogP) is -0.00480. The van der Waals surface area contributed by atoms with Crippen LogP contribution in [0.2, 0.25) is 0 Å². The molecular formula is C5H6O4S. The van der Waals surface area contributed by atoms with E-state index in [0.717, 1.165) is 0 Å². The minimum absolute atomic E-state index is 0.356. The van der Waals surface area contributed by atoms with E-state index in [1.165, 1.54) is 6.08 Å². The summed E-state index contributed by atoms with van der Waals surface area (Å²) in [6.07, 6.45) is 1.29. The largest absolute Gasteiger partial charge is 0.398 e. The lowest BCUT2D eigenvalue weighted by Crippen LogP contribution is -2.02. The van der Waals surface area contributed by atoms with Crippen LogP contribution >= 0.6 is 0 Å². The molecule has 0 radical (unpaired) electrons. The molecule has 0 saturated heterocycles. The van der Waals surface area contributed by atoms with Crippen LogP contribution in [0.15, 0.2) is 12.7 Å². The second kappa shape index (κ2) is 4.06. The van der Waals surface area contributed by atoms with E-state index in [1.54, 1.807) is 0 Å². The van der Waals surface area contributed by atoms with Gasteiger partial charge in [0, 0.05) is 0 Å². The van der Waals surface area contributed by atoms with Crippen LogP contribution in [0.4, 0.5) is 0 Å². The zero-order chi connectivity index (χ0) is 8.04. The lowest BCUT2D eigenvalue weighted by atomic mass is 10.6. The van der Waals surface area contributed by atoms with Crippen molar-refractivity contribution in [3.8, 4) is 11.8 Å². The molecule has 0 spiro atoms. The van der Waals surface area contributed by atoms with E-state index in [9.17, 15) is 8.42 Å². The Morgan fingerprint density at radius 1 is 1.70 bits per heavy atom. The van der Waals surface area contributed by atoms with Gasteiger partial charge in [-0.3, -0.25) is 4.55 Å². The maximum atomic E-state index is 9.83. The zero-order valence-electron chi connectivity index (χ0n) is 5.07. The second-order valence-electron chi connectivity index (χ2n) is 1.22. The molecule has 4 nitrogen and oxygen atoms in total. The summed E-state index contributed by atoms with van der Waals surface area (Å²) < 4.78 is 31.5. The van der Waals surface area contributed by atoms with Crippen molar-refractivity contribution in [2.45, 2.75) is 0 Å². The molecule has 10 heavy (non-hydrogen) atoms. The fourth-order valence-corrected chi connectivity index (χ4v) is 0.426. The molecule has 0 bridgehead atoms. The third kappa shape index (κ3) is 7.17. The normalized spacial score (nSPS) is 9.70. The Labute approximate surface area is 59.5 Å². The molecule has 0 heterocycles. The SMILES string of the molecule is C=CC#CCOS(=O)(=O)O. The van der Waals surface area contributed by atoms with Crippen LogP contribution in [0, 0.1) is 11.8 Å². The molecule has 0 aliphatic rings. The van der Waals surface area contributed by atoms with Crippen LogP contribution in [0.25, 0.3) is 0 Å². The van der Waals surface area contributed by atoms with Crippen LogP contribution in [0.5, 0.6) is 0 Å². The Hall–Kier alpha value is -0.830. The van der Waals surface area contributed by atoms with Crippen LogP contribution in [0.3, 0.4) is 0 Å². The van der Waals surface area contributed by atoms with Crippen LogP contribution in [0.1, 0.15) is 0 Å². The summed E-state index contributed by atoms with van der Waals surface area (Å²) in [4.78, 5) is 0. The molecule has 0 unspecified atom stereocenters. The molecule has 0 aromatic rings. The van der Waals surface area contributed by atoms with Gasteiger partial charge in [-0.05, 0) is 6.08 Å². The van der Waals surface area contributed by atoms with Gasteiger partial charge in [-0.25, -0.2) is 4.18 Å². The molecule has 56 valence electrons. The third-order valence-corrected chi connectivity index (χ3v) is 0.900. The van der Waals surface area contributed by atoms with Crippen molar-refractivity contribution in [2.75, 3.05) is 6.61 Å². The summed E-state index contributed by atoms with van der Waals surface area (Å²) in [5.74, 6) is 4.60. The zero-order valence-corrected chi connectivity index (χ0v) is 5.89. The van der Waals surface area contributed by atoms with Gasteiger partial charge in [0.1, 0.15) is 6.61 Å². The fourth-order valence-electron chi connectivity index (χ4n) is 0.218. The standard InChI is InChI=1S/C5H6O4S/c1-2-3-4-5-9-10(6,7)8/h2H,1,5H2,(H,6,7,8). The van der Waals surface area contributed by atoms with Crippen molar-refractivity contribution in [3.05, 3.63) is 12.7 Å². The third-order valence-electron chi connectivity index (χ3n) is 0.484. The summed E-state index contributed by atoms with van der Waals surface area (Å²) in [6, 6.07) is 0. The summed E-state index contributed by atoms with van der Waals surface area (Å²) in [7, 11) is -4.34. The first-order valence-electron chi connectivity index (χ1n) is 2.27. The summed E-state index contributed by atoms with van der Waals surface area (Å²) >= 11 is 0. The van der Waals surface area contributed by atoms with E-state index in [-0.39, 0.29) is 6.61 Å². The van der Waals surface area contributed by atoms with Gasteiger partial charge in [0.2, 0.25) is 0 Å². The average molecular weight is 162 g/mol. The average Bonchev–Trinajstić information content (AvgIpc) is 1.78. The lowest BCUT2D eigenvalue weighted by molar-refractivity contribution is 0.300. The molecule has 0 saturated carbocycles. The van der Waals surface area contributed by atoms with Gasteiger partial charge < -0.3 is 0 Å². The first-order chi connectivity index (χ1) is 4.56. The van der Waals surface area contributed by atoms with Crippen molar-refractivity contribution in [3.63, 3.8) is 0 Å². The number of rotatable bonds is 2. The fraction of sp³-hybridized carbons (Fsp3) is 0.200. The topological polar surface area (TPSA) is 63.6 Å². The van der Waals surface area contributed by atoms with Gasteiger partial charge in [-0.15, -0.1) is 0 Å². The maximum Gasteiger partial charge on any atom is 0.398 e. The van der Waals surface area contributed by atoms with E-state index in [0.29, 0.717) is 0 Å². The molecule has 0 amide bonds. The highest BCUT2D eigenvalue weighted by molar-refractivity contribution is 7.80. The Morgan fingerprint density at radius 2 is 2.30 bits per heavy atom. The molecule has 0 atom stereocenters. The minimum Gasteiger partial charge on any atom is -0.264 e. The first-order valence-corrected chi connectivity index (χ1v) is 3.64. The van der Waals surface area contributed by atoms with Crippen molar-refractivity contribution in [1.29, 1.82) is 0 Å². The summed E-state index contributed by atoms with van der Waals surface area (Å²) in [6.45, 7) is 2.90. The van der Waals surface area contributed by atoms with E-state index >= 15 is 0 Å². The molecule has 0 aromatic carbocycles. The highest BCUT2D eigenvalue weighted by Gasteiger charge is 1.99. The van der Waals surface area contributed by atoms with Gasteiger partial charge in [-0.2, -0.15) is 8.42 Å². The number of allylic oxidation sites excluding steroid dienone is 1. The minimum atomic E-state index is -4.34. The monoisotopic (exact) mass is 162 g/mol. The maximum absolute atomic E-state index is 9.83. The number of hydrogen-bond acceptors (Lipinski definition) is 3. The van der Waals surface area contributed by atoms with Crippen molar-refractivity contribution >= 4 is 10.4 Å². The highest BCUT2D eigenvalue weighted by atomic mass is 32.3. The first kappa shape index (κ1) is 9.17. The Kier molecular flexibility index (Phi) is 3.72. The number of hydrogen-bond donors (Lipinski definition) is 1. The van der Waals surface area contributed by atoms with Crippen LogP contribution in [-0.4, -0.2) is 19.6 Å². The molecule has 0 aromatic heterocycles. The molecule has 0 rings (SSSR count). The molecule has 1 N–H and O–H groups in total. The van der Waals surface area contributed by atoms with Gasteiger partial charge >= 0.3 is 10.4 Å². The van der Waals surface area contributed by atoms with Gasteiger partial charge in [0.05, 0.1) is 0 Å². The summed E-state index contributed by atoms with van der Waals surface area (Å²) in [5, 5.41) is 0. The second-order valence-corrected chi connectivity index (χ2v) is 2.31. The Balaban J connectivity index is 3.68. The predicted molar refractivity (Wildman–Crippen MR) is 35.5 cm³/mol. The van der Waals surface area contributed by atoms with Gasteiger partial charge in [-0.1, -0.05) is 18.4 Å². The van der Waals surface area contributed by atoms with Crippen LogP contribution < -0.4 is 0 Å². The lowest BCUT2D eigenvalue weighted by Gasteiger charge is -1.89. The molecule has 0 aliphatic carbocycles. The van der Waals surface area contributed by atoms with Gasteiger partial charge in [0.25, 0.3) is 0 Å². The van der Waals surface area contributed by atoms with E-state index in [2.05, 4.69) is 22.6 Å². The molecular weight excluding hydrogens is 156 g/mol.